The van der Waals surface area contributed by atoms with Crippen LogP contribution in [0, 0.1) is 11.8 Å². The van der Waals surface area contributed by atoms with Crippen molar-refractivity contribution < 1.29 is 18.0 Å². The predicted octanol–water partition coefficient (Wildman–Crippen LogP) is 3.49. The van der Waals surface area contributed by atoms with Crippen LogP contribution in [0.4, 0.5) is 18.9 Å². The maximum absolute atomic E-state index is 12.8. The van der Waals surface area contributed by atoms with Gasteiger partial charge >= 0.3 is 6.18 Å². The molecule has 1 N–H and O–H groups in total. The average Bonchev–Trinajstić information content (AvgIpc) is 2.99. The van der Waals surface area contributed by atoms with Gasteiger partial charge in [-0.3, -0.25) is 4.79 Å². The molecule has 2 aromatic rings. The van der Waals surface area contributed by atoms with Gasteiger partial charge in [-0.05, 0) is 42.7 Å². The first kappa shape index (κ1) is 14.6. The van der Waals surface area contributed by atoms with E-state index in [2.05, 4.69) is 10.4 Å². The van der Waals surface area contributed by atoms with Crippen LogP contribution in [-0.4, -0.2) is 15.7 Å². The molecule has 7 heteroatoms. The summed E-state index contributed by atoms with van der Waals surface area (Å²) in [5.74, 6) is 0.399. The highest BCUT2D eigenvalue weighted by Gasteiger charge is 2.39. The molecule has 0 bridgehead atoms. The van der Waals surface area contributed by atoms with Crippen LogP contribution in [0.5, 0.6) is 0 Å². The molecule has 1 amide bonds. The summed E-state index contributed by atoms with van der Waals surface area (Å²) < 4.78 is 39.3. The standard InChI is InChI=1S/C15H14F3N3O/c1-9-8-12(9)14(22)20-10-2-4-11(5-3-10)21-13(6-7-19-21)15(16,17)18/h2-7,9,12H,8H2,1H3,(H,20,22)/t9-,12+/m0/s1. The Bertz CT molecular complexity index is 691. The minimum absolute atomic E-state index is 0.0441. The van der Waals surface area contributed by atoms with E-state index >= 15 is 0 Å². The van der Waals surface area contributed by atoms with Gasteiger partial charge in [0.2, 0.25) is 5.91 Å². The molecule has 1 aliphatic rings. The third kappa shape index (κ3) is 2.84. The van der Waals surface area contributed by atoms with Crippen LogP contribution in [0.15, 0.2) is 36.5 Å². The van der Waals surface area contributed by atoms with Crippen molar-refractivity contribution in [1.82, 2.24) is 9.78 Å². The van der Waals surface area contributed by atoms with Gasteiger partial charge in [-0.15, -0.1) is 0 Å². The molecule has 116 valence electrons. The topological polar surface area (TPSA) is 46.9 Å². The number of nitrogens with one attached hydrogen (secondary N) is 1. The number of carbonyl (C=O) groups excluding carboxylic acids is 1. The van der Waals surface area contributed by atoms with Crippen molar-refractivity contribution in [2.45, 2.75) is 19.5 Å². The van der Waals surface area contributed by atoms with E-state index in [1.807, 2.05) is 6.92 Å². The monoisotopic (exact) mass is 309 g/mol. The van der Waals surface area contributed by atoms with E-state index in [0.29, 0.717) is 11.6 Å². The van der Waals surface area contributed by atoms with Crippen molar-refractivity contribution >= 4 is 11.6 Å². The van der Waals surface area contributed by atoms with E-state index in [-0.39, 0.29) is 17.5 Å². The van der Waals surface area contributed by atoms with Crippen LogP contribution in [0.2, 0.25) is 0 Å². The summed E-state index contributed by atoms with van der Waals surface area (Å²) in [6.45, 7) is 2.00. The molecule has 0 spiro atoms. The molecule has 0 saturated heterocycles. The lowest BCUT2D eigenvalue weighted by Gasteiger charge is -2.11. The van der Waals surface area contributed by atoms with Gasteiger partial charge in [-0.25, -0.2) is 4.68 Å². The highest BCUT2D eigenvalue weighted by molar-refractivity contribution is 5.94. The molecule has 1 aromatic heterocycles. The van der Waals surface area contributed by atoms with Gasteiger partial charge in [-0.1, -0.05) is 6.92 Å². The Morgan fingerprint density at radius 2 is 1.91 bits per heavy atom. The van der Waals surface area contributed by atoms with Crippen molar-refractivity contribution in [2.75, 3.05) is 5.32 Å². The Labute approximate surface area is 124 Å². The molecule has 1 saturated carbocycles. The third-order valence-electron chi connectivity index (χ3n) is 3.76. The summed E-state index contributed by atoms with van der Waals surface area (Å²) in [4.78, 5) is 11.8. The van der Waals surface area contributed by atoms with Gasteiger partial charge < -0.3 is 5.32 Å². The zero-order chi connectivity index (χ0) is 15.9. The van der Waals surface area contributed by atoms with Crippen molar-refractivity contribution in [2.24, 2.45) is 11.8 Å². The number of hydrogen-bond acceptors (Lipinski definition) is 2. The molecule has 1 aromatic carbocycles. The fourth-order valence-electron chi connectivity index (χ4n) is 2.33. The molecule has 1 fully saturated rings. The molecule has 0 aliphatic heterocycles. The van der Waals surface area contributed by atoms with Crippen LogP contribution < -0.4 is 5.32 Å². The van der Waals surface area contributed by atoms with Gasteiger partial charge in [0.25, 0.3) is 0 Å². The van der Waals surface area contributed by atoms with E-state index in [1.54, 1.807) is 12.1 Å². The van der Waals surface area contributed by atoms with E-state index in [1.165, 1.54) is 12.1 Å². The minimum Gasteiger partial charge on any atom is -0.326 e. The van der Waals surface area contributed by atoms with Gasteiger partial charge in [0.15, 0.2) is 0 Å². The normalized spacial score (nSPS) is 20.7. The third-order valence-corrected chi connectivity index (χ3v) is 3.76. The van der Waals surface area contributed by atoms with Gasteiger partial charge in [0.1, 0.15) is 5.69 Å². The molecule has 0 radical (unpaired) electrons. The quantitative estimate of drug-likeness (QED) is 0.943. The predicted molar refractivity (Wildman–Crippen MR) is 74.5 cm³/mol. The summed E-state index contributed by atoms with van der Waals surface area (Å²) in [7, 11) is 0. The van der Waals surface area contributed by atoms with Crippen LogP contribution in [-0.2, 0) is 11.0 Å². The maximum atomic E-state index is 12.8. The molecule has 2 atom stereocenters. The number of anilines is 1. The van der Waals surface area contributed by atoms with Crippen LogP contribution in [0.3, 0.4) is 0 Å². The first-order chi connectivity index (χ1) is 10.4. The first-order valence-corrected chi connectivity index (χ1v) is 6.89. The van der Waals surface area contributed by atoms with E-state index < -0.39 is 11.9 Å². The smallest absolute Gasteiger partial charge is 0.326 e. The van der Waals surface area contributed by atoms with Crippen LogP contribution in [0.1, 0.15) is 19.0 Å². The first-order valence-electron chi connectivity index (χ1n) is 6.89. The number of nitrogens with zero attached hydrogens (tertiary/aromatic N) is 2. The van der Waals surface area contributed by atoms with Gasteiger partial charge in [-0.2, -0.15) is 18.3 Å². The van der Waals surface area contributed by atoms with Gasteiger partial charge in [0, 0.05) is 11.6 Å². The second kappa shape index (κ2) is 5.15. The van der Waals surface area contributed by atoms with Crippen molar-refractivity contribution in [3.05, 3.63) is 42.2 Å². The lowest BCUT2D eigenvalue weighted by molar-refractivity contribution is -0.142. The van der Waals surface area contributed by atoms with Crippen molar-refractivity contribution in [3.8, 4) is 5.69 Å². The summed E-state index contributed by atoms with van der Waals surface area (Å²) in [5, 5.41) is 6.46. The zero-order valence-corrected chi connectivity index (χ0v) is 11.8. The molecule has 3 rings (SSSR count). The highest BCUT2D eigenvalue weighted by Crippen LogP contribution is 2.38. The zero-order valence-electron chi connectivity index (χ0n) is 11.8. The summed E-state index contributed by atoms with van der Waals surface area (Å²) >= 11 is 0. The number of hydrogen-bond donors (Lipinski definition) is 1. The lowest BCUT2D eigenvalue weighted by Crippen LogP contribution is -2.15. The maximum Gasteiger partial charge on any atom is 0.433 e. The fraction of sp³-hybridized carbons (Fsp3) is 0.333. The molecular formula is C15H14F3N3O. The van der Waals surface area contributed by atoms with Crippen LogP contribution in [0.25, 0.3) is 5.69 Å². The number of aromatic nitrogens is 2. The Morgan fingerprint density at radius 1 is 1.27 bits per heavy atom. The summed E-state index contributed by atoms with van der Waals surface area (Å²) in [5.41, 5.74) is 0.0137. The Hall–Kier alpha value is -2.31. The largest absolute Gasteiger partial charge is 0.433 e. The molecular weight excluding hydrogens is 295 g/mol. The van der Waals surface area contributed by atoms with E-state index in [9.17, 15) is 18.0 Å². The average molecular weight is 309 g/mol. The molecule has 1 heterocycles. The second-order valence-corrected chi connectivity index (χ2v) is 5.48. The number of amides is 1. The second-order valence-electron chi connectivity index (χ2n) is 5.48. The highest BCUT2D eigenvalue weighted by atomic mass is 19.4. The number of rotatable bonds is 3. The SMILES string of the molecule is C[C@H]1C[C@H]1C(=O)Nc1ccc(-n2nccc2C(F)(F)F)cc1. The number of carbonyl (C=O) groups is 1. The van der Waals surface area contributed by atoms with E-state index in [4.69, 9.17) is 0 Å². The molecule has 1 aliphatic carbocycles. The Morgan fingerprint density at radius 3 is 2.45 bits per heavy atom. The number of alkyl halides is 3. The number of halogens is 3. The lowest BCUT2D eigenvalue weighted by atomic mass is 10.2. The number of benzene rings is 1. The Kier molecular flexibility index (Phi) is 3.42. The molecule has 0 unspecified atom stereocenters. The van der Waals surface area contributed by atoms with E-state index in [0.717, 1.165) is 23.4 Å². The minimum atomic E-state index is -4.47. The van der Waals surface area contributed by atoms with Gasteiger partial charge in [0.05, 0.1) is 11.9 Å². The summed E-state index contributed by atoms with van der Waals surface area (Å²) in [6, 6.07) is 7.05. The molecule has 22 heavy (non-hydrogen) atoms. The summed E-state index contributed by atoms with van der Waals surface area (Å²) in [6.07, 6.45) is -2.48. The van der Waals surface area contributed by atoms with Crippen molar-refractivity contribution in [1.29, 1.82) is 0 Å². The molecule has 4 nitrogen and oxygen atoms in total. The van der Waals surface area contributed by atoms with Crippen LogP contribution >= 0.6 is 0 Å². The van der Waals surface area contributed by atoms with Crippen molar-refractivity contribution in [3.63, 3.8) is 0 Å². The fourth-order valence-corrected chi connectivity index (χ4v) is 2.33. The Balaban J connectivity index is 1.77.